The van der Waals surface area contributed by atoms with Crippen LogP contribution in [0, 0.1) is 0 Å². The Kier molecular flexibility index (Phi) is 5.43. The first-order valence-electron chi connectivity index (χ1n) is 8.44. The number of anilines is 1. The maximum absolute atomic E-state index is 12.8. The van der Waals surface area contributed by atoms with Gasteiger partial charge >= 0.3 is 12.1 Å². The number of benzene rings is 1. The molecule has 142 valence electrons. The number of halogens is 4. The third-order valence-electron chi connectivity index (χ3n) is 4.91. The lowest BCUT2D eigenvalue weighted by Crippen LogP contribution is -3.22. The average molecular weight is 392 g/mol. The van der Waals surface area contributed by atoms with Crippen LogP contribution in [0.15, 0.2) is 18.2 Å². The summed E-state index contributed by atoms with van der Waals surface area (Å²) >= 11 is 5.89. The number of nitrogens with one attached hydrogen (secondary N) is 2. The van der Waals surface area contributed by atoms with E-state index in [0.29, 0.717) is 6.61 Å². The second-order valence-corrected chi connectivity index (χ2v) is 7.05. The van der Waals surface area contributed by atoms with Crippen LogP contribution >= 0.6 is 11.6 Å². The number of hydrogen-bond donors (Lipinski definition) is 2. The van der Waals surface area contributed by atoms with Crippen LogP contribution in [0.4, 0.5) is 18.9 Å². The van der Waals surface area contributed by atoms with Crippen molar-refractivity contribution in [2.75, 3.05) is 18.5 Å². The monoisotopic (exact) mass is 391 g/mol. The van der Waals surface area contributed by atoms with E-state index in [2.05, 4.69) is 5.32 Å². The molecule has 2 fully saturated rings. The zero-order chi connectivity index (χ0) is 18.9. The lowest BCUT2D eigenvalue weighted by Gasteiger charge is -2.40. The van der Waals surface area contributed by atoms with Crippen LogP contribution in [-0.4, -0.2) is 37.1 Å². The van der Waals surface area contributed by atoms with E-state index in [4.69, 9.17) is 16.3 Å². The molecule has 0 saturated carbocycles. The fraction of sp³-hybridized carbons (Fsp3) is 0.529. The topological polar surface area (TPSA) is 59.8 Å². The Morgan fingerprint density at radius 1 is 1.35 bits per heavy atom. The predicted octanol–water partition coefficient (Wildman–Crippen LogP) is 2.05. The van der Waals surface area contributed by atoms with E-state index in [-0.39, 0.29) is 23.2 Å². The smallest absolute Gasteiger partial charge is 0.416 e. The van der Waals surface area contributed by atoms with Crippen LogP contribution in [0.1, 0.15) is 31.2 Å². The fourth-order valence-corrected chi connectivity index (χ4v) is 3.76. The van der Waals surface area contributed by atoms with Gasteiger partial charge in [0.15, 0.2) is 6.04 Å². The van der Waals surface area contributed by atoms with Crippen molar-refractivity contribution in [1.82, 2.24) is 0 Å². The number of alkyl halides is 3. The van der Waals surface area contributed by atoms with Gasteiger partial charge in [-0.15, -0.1) is 0 Å². The van der Waals surface area contributed by atoms with Crippen molar-refractivity contribution < 1.29 is 32.4 Å². The third kappa shape index (κ3) is 4.12. The molecule has 0 aliphatic carbocycles. The summed E-state index contributed by atoms with van der Waals surface area (Å²) in [5, 5.41) is 2.39. The first-order valence-corrected chi connectivity index (χ1v) is 8.82. The third-order valence-corrected chi connectivity index (χ3v) is 5.24. The Morgan fingerprint density at radius 3 is 2.85 bits per heavy atom. The summed E-state index contributed by atoms with van der Waals surface area (Å²) in [6.45, 7) is 1.13. The molecule has 0 aromatic heterocycles. The summed E-state index contributed by atoms with van der Waals surface area (Å²) in [5.74, 6) is -1.00. The minimum atomic E-state index is -4.54. The summed E-state index contributed by atoms with van der Waals surface area (Å²) in [4.78, 5) is 25.5. The van der Waals surface area contributed by atoms with E-state index in [9.17, 15) is 22.8 Å². The van der Waals surface area contributed by atoms with Gasteiger partial charge in [-0.2, -0.15) is 13.2 Å². The maximum Gasteiger partial charge on any atom is 0.416 e. The summed E-state index contributed by atoms with van der Waals surface area (Å²) in [7, 11) is 0. The normalized spacial score (nSPS) is 26.0. The minimum Gasteiger partial charge on any atom is -0.455 e. The molecule has 1 amide bonds. The van der Waals surface area contributed by atoms with E-state index in [1.54, 1.807) is 0 Å². The number of fused-ring (bicyclic) bond motifs is 1. The van der Waals surface area contributed by atoms with Crippen LogP contribution in [0.25, 0.3) is 0 Å². The van der Waals surface area contributed by atoms with Gasteiger partial charge in [-0.1, -0.05) is 11.6 Å². The van der Waals surface area contributed by atoms with Crippen LogP contribution in [0.5, 0.6) is 0 Å². The molecule has 2 heterocycles. The first kappa shape index (κ1) is 19.0. The average Bonchev–Trinajstić information content (AvgIpc) is 2.58. The van der Waals surface area contributed by atoms with Crippen LogP contribution in [-0.2, 0) is 20.5 Å². The molecule has 3 rings (SSSR count). The van der Waals surface area contributed by atoms with Gasteiger partial charge in [0.1, 0.15) is 12.6 Å². The highest BCUT2D eigenvalue weighted by atomic mass is 35.5. The van der Waals surface area contributed by atoms with Gasteiger partial charge in [0.25, 0.3) is 0 Å². The second-order valence-electron chi connectivity index (χ2n) is 6.64. The molecule has 0 spiro atoms. The van der Waals surface area contributed by atoms with Gasteiger partial charge in [-0.05, 0) is 31.0 Å². The Hall–Kier alpha value is -1.80. The van der Waals surface area contributed by atoms with Crippen molar-refractivity contribution >= 4 is 29.2 Å². The Balaban J connectivity index is 1.71. The molecule has 5 nitrogen and oxygen atoms in total. The highest BCUT2D eigenvalue weighted by Crippen LogP contribution is 2.33. The summed E-state index contributed by atoms with van der Waals surface area (Å²) in [5.41, 5.74) is -1.03. The number of ether oxygens (including phenoxy) is 1. The van der Waals surface area contributed by atoms with Gasteiger partial charge in [-0.3, -0.25) is 4.79 Å². The molecule has 1 unspecified atom stereocenters. The number of carbonyl (C=O) groups is 2. The maximum atomic E-state index is 12.8. The minimum absolute atomic E-state index is 0.000710. The number of piperidine rings is 1. The van der Waals surface area contributed by atoms with Crippen LogP contribution in [0.3, 0.4) is 0 Å². The quantitative estimate of drug-likeness (QED) is 0.775. The Labute approximate surface area is 153 Å². The van der Waals surface area contributed by atoms with E-state index in [0.717, 1.165) is 48.9 Å². The number of amides is 1. The number of esters is 1. The number of hydrogen-bond acceptors (Lipinski definition) is 3. The van der Waals surface area contributed by atoms with Gasteiger partial charge in [0.2, 0.25) is 5.91 Å². The van der Waals surface area contributed by atoms with Crippen molar-refractivity contribution in [2.45, 2.75) is 43.9 Å². The van der Waals surface area contributed by atoms with E-state index in [1.807, 2.05) is 0 Å². The molecule has 3 atom stereocenters. The summed E-state index contributed by atoms with van der Waals surface area (Å²) < 4.78 is 43.7. The van der Waals surface area contributed by atoms with Crippen molar-refractivity contribution in [1.29, 1.82) is 0 Å². The zero-order valence-electron chi connectivity index (χ0n) is 13.9. The van der Waals surface area contributed by atoms with E-state index in [1.165, 1.54) is 0 Å². The molecule has 26 heavy (non-hydrogen) atoms. The van der Waals surface area contributed by atoms with Crippen molar-refractivity contribution in [3.05, 3.63) is 28.8 Å². The largest absolute Gasteiger partial charge is 0.455 e. The lowest BCUT2D eigenvalue weighted by atomic mass is 9.97. The SMILES string of the molecule is O=C(C[C@@H]1C(=O)OC[C@@H]2CCCC[NH+]21)Nc1cc(C(F)(F)F)ccc1Cl. The number of morpholine rings is 1. The Morgan fingerprint density at radius 2 is 2.12 bits per heavy atom. The molecule has 0 bridgehead atoms. The molecule has 2 saturated heterocycles. The second kappa shape index (κ2) is 7.44. The van der Waals surface area contributed by atoms with E-state index >= 15 is 0 Å². The van der Waals surface area contributed by atoms with Crippen molar-refractivity contribution in [3.63, 3.8) is 0 Å². The zero-order valence-corrected chi connectivity index (χ0v) is 14.6. The summed E-state index contributed by atoms with van der Waals surface area (Å²) in [6, 6.07) is 2.26. The first-order chi connectivity index (χ1) is 12.3. The lowest BCUT2D eigenvalue weighted by molar-refractivity contribution is -0.951. The molecule has 2 aliphatic heterocycles. The van der Waals surface area contributed by atoms with Gasteiger partial charge in [0, 0.05) is 6.42 Å². The molecule has 2 N–H and O–H groups in total. The van der Waals surface area contributed by atoms with Crippen molar-refractivity contribution in [3.8, 4) is 0 Å². The number of cyclic esters (lactones) is 1. The molecular weight excluding hydrogens is 373 g/mol. The van der Waals surface area contributed by atoms with E-state index < -0.39 is 29.7 Å². The molecule has 1 aromatic rings. The molecule has 9 heteroatoms. The molecule has 1 aromatic carbocycles. The number of rotatable bonds is 3. The highest BCUT2D eigenvalue weighted by Gasteiger charge is 2.44. The van der Waals surface area contributed by atoms with Crippen molar-refractivity contribution in [2.24, 2.45) is 0 Å². The number of quaternary nitrogens is 1. The van der Waals surface area contributed by atoms with Gasteiger partial charge in [-0.25, -0.2) is 4.79 Å². The number of carbonyl (C=O) groups excluding carboxylic acids is 2. The molecule has 0 radical (unpaired) electrons. The van der Waals surface area contributed by atoms with Crippen LogP contribution < -0.4 is 10.2 Å². The highest BCUT2D eigenvalue weighted by molar-refractivity contribution is 6.33. The van der Waals surface area contributed by atoms with Gasteiger partial charge < -0.3 is 15.0 Å². The van der Waals surface area contributed by atoms with Crippen LogP contribution in [0.2, 0.25) is 5.02 Å². The molecule has 2 aliphatic rings. The fourth-order valence-electron chi connectivity index (χ4n) is 3.59. The predicted molar refractivity (Wildman–Crippen MR) is 87.9 cm³/mol. The molecular formula is C17H19ClF3N2O3+. The van der Waals surface area contributed by atoms with Gasteiger partial charge in [0.05, 0.1) is 29.2 Å². The Bertz CT molecular complexity index is 711. The summed E-state index contributed by atoms with van der Waals surface area (Å²) in [6.07, 6.45) is -1.74. The standard InChI is InChI=1S/C17H18ClF3N2O3/c18-12-5-4-10(17(19,20)21)7-13(12)22-15(24)8-14-16(25)26-9-11-3-1-2-6-23(11)14/h4-5,7,11,14H,1-3,6,8-9H2,(H,22,24)/p+1/t11-,14+/m0/s1.